The molecule has 0 saturated carbocycles. The van der Waals surface area contributed by atoms with Crippen molar-refractivity contribution in [2.45, 2.75) is 0 Å². The van der Waals surface area contributed by atoms with Crippen LogP contribution in [0.25, 0.3) is 10.9 Å². The Balaban J connectivity index is 1.75. The molecule has 4 nitrogen and oxygen atoms in total. The minimum Gasteiger partial charge on any atom is -0.481 e. The van der Waals surface area contributed by atoms with E-state index in [0.29, 0.717) is 32.0 Å². The third-order valence-corrected chi connectivity index (χ3v) is 4.22. The van der Waals surface area contributed by atoms with Crippen LogP contribution in [-0.4, -0.2) is 17.5 Å². The number of hydrogen-bond acceptors (Lipinski definition) is 3. The van der Waals surface area contributed by atoms with Gasteiger partial charge in [-0.1, -0.05) is 40.9 Å². The average molecular weight is 382 g/mol. The van der Waals surface area contributed by atoms with Crippen LogP contribution in [-0.2, 0) is 4.79 Å². The quantitative estimate of drug-likeness (QED) is 0.674. The topological polar surface area (TPSA) is 51.2 Å². The SMILES string of the molecule is O=C(COc1ccc(Cl)c2cccnc12)Nc1c(Cl)cccc1Cl. The second-order valence-corrected chi connectivity index (χ2v) is 6.10. The van der Waals surface area contributed by atoms with Gasteiger partial charge in [0.25, 0.3) is 5.91 Å². The van der Waals surface area contributed by atoms with Crippen LogP contribution in [0.4, 0.5) is 5.69 Å². The van der Waals surface area contributed by atoms with Crippen molar-refractivity contribution >= 4 is 57.3 Å². The molecule has 122 valence electrons. The lowest BCUT2D eigenvalue weighted by atomic mass is 10.2. The number of amides is 1. The Labute approximate surface area is 153 Å². The predicted molar refractivity (Wildman–Crippen MR) is 97.3 cm³/mol. The summed E-state index contributed by atoms with van der Waals surface area (Å²) >= 11 is 18.2. The van der Waals surface area contributed by atoms with Crippen LogP contribution in [0.3, 0.4) is 0 Å². The Kier molecular flexibility index (Phi) is 5.09. The number of carbonyl (C=O) groups excluding carboxylic acids is 1. The maximum Gasteiger partial charge on any atom is 0.262 e. The zero-order valence-electron chi connectivity index (χ0n) is 12.2. The Hall–Kier alpha value is -2.01. The number of nitrogens with one attached hydrogen (secondary N) is 1. The number of fused-ring (bicyclic) bond motifs is 1. The van der Waals surface area contributed by atoms with E-state index in [1.165, 1.54) is 0 Å². The van der Waals surface area contributed by atoms with Crippen molar-refractivity contribution in [2.24, 2.45) is 0 Å². The van der Waals surface area contributed by atoms with Crippen molar-refractivity contribution in [3.8, 4) is 5.75 Å². The standard InChI is InChI=1S/C17H11Cl3N2O2/c18-11-6-7-14(16-10(11)3-2-8-21-16)24-9-15(23)22-17-12(19)4-1-5-13(17)20/h1-8H,9H2,(H,22,23). The van der Waals surface area contributed by atoms with Gasteiger partial charge in [0.05, 0.1) is 20.8 Å². The van der Waals surface area contributed by atoms with E-state index in [4.69, 9.17) is 39.5 Å². The highest BCUT2D eigenvalue weighted by Gasteiger charge is 2.12. The maximum absolute atomic E-state index is 12.1. The first kappa shape index (κ1) is 16.8. The van der Waals surface area contributed by atoms with Gasteiger partial charge < -0.3 is 10.1 Å². The molecule has 2 aromatic carbocycles. The van der Waals surface area contributed by atoms with Crippen LogP contribution in [0.5, 0.6) is 5.75 Å². The number of nitrogens with zero attached hydrogens (tertiary/aromatic N) is 1. The maximum atomic E-state index is 12.1. The van der Waals surface area contributed by atoms with Crippen LogP contribution >= 0.6 is 34.8 Å². The molecule has 0 radical (unpaired) electrons. The second kappa shape index (κ2) is 7.26. The fourth-order valence-corrected chi connectivity index (χ4v) is 2.87. The first-order valence-corrected chi connectivity index (χ1v) is 8.09. The molecule has 3 aromatic rings. The van der Waals surface area contributed by atoms with Crippen molar-refractivity contribution in [1.82, 2.24) is 4.98 Å². The summed E-state index contributed by atoms with van der Waals surface area (Å²) in [5, 5.41) is 4.67. The monoisotopic (exact) mass is 380 g/mol. The van der Waals surface area contributed by atoms with Gasteiger partial charge in [-0.15, -0.1) is 0 Å². The molecule has 0 aliphatic heterocycles. The summed E-state index contributed by atoms with van der Waals surface area (Å²) in [4.78, 5) is 16.3. The van der Waals surface area contributed by atoms with Crippen molar-refractivity contribution in [3.05, 3.63) is 63.7 Å². The molecule has 0 spiro atoms. The molecular weight excluding hydrogens is 371 g/mol. The van der Waals surface area contributed by atoms with Gasteiger partial charge >= 0.3 is 0 Å². The third kappa shape index (κ3) is 3.56. The lowest BCUT2D eigenvalue weighted by molar-refractivity contribution is -0.118. The first-order chi connectivity index (χ1) is 11.6. The summed E-state index contributed by atoms with van der Waals surface area (Å²) in [5.74, 6) is 0.0828. The fraction of sp³-hybridized carbons (Fsp3) is 0.0588. The van der Waals surface area contributed by atoms with E-state index in [2.05, 4.69) is 10.3 Å². The molecule has 1 heterocycles. The molecule has 0 bridgehead atoms. The summed E-state index contributed by atoms with van der Waals surface area (Å²) < 4.78 is 5.57. The summed E-state index contributed by atoms with van der Waals surface area (Å²) in [7, 11) is 0. The van der Waals surface area contributed by atoms with Gasteiger partial charge in [-0.25, -0.2) is 0 Å². The molecule has 1 amide bonds. The minimum atomic E-state index is -0.385. The molecule has 0 fully saturated rings. The molecule has 0 saturated heterocycles. The van der Waals surface area contributed by atoms with Crippen molar-refractivity contribution < 1.29 is 9.53 Å². The number of rotatable bonds is 4. The van der Waals surface area contributed by atoms with Crippen LogP contribution < -0.4 is 10.1 Å². The van der Waals surface area contributed by atoms with Gasteiger partial charge in [0.1, 0.15) is 11.3 Å². The highest BCUT2D eigenvalue weighted by molar-refractivity contribution is 6.39. The summed E-state index contributed by atoms with van der Waals surface area (Å²) in [6, 6.07) is 12.0. The summed E-state index contributed by atoms with van der Waals surface area (Å²) in [6.45, 7) is -0.213. The van der Waals surface area contributed by atoms with Crippen LogP contribution in [0, 0.1) is 0 Å². The minimum absolute atomic E-state index is 0.213. The van der Waals surface area contributed by atoms with E-state index in [9.17, 15) is 4.79 Å². The highest BCUT2D eigenvalue weighted by Crippen LogP contribution is 2.31. The zero-order chi connectivity index (χ0) is 17.1. The van der Waals surface area contributed by atoms with Crippen LogP contribution in [0.2, 0.25) is 15.1 Å². The Morgan fingerprint density at radius 3 is 2.50 bits per heavy atom. The van der Waals surface area contributed by atoms with Crippen molar-refractivity contribution in [1.29, 1.82) is 0 Å². The van der Waals surface area contributed by atoms with E-state index in [1.807, 2.05) is 6.07 Å². The number of carbonyl (C=O) groups is 1. The molecule has 1 aromatic heterocycles. The van der Waals surface area contributed by atoms with Crippen LogP contribution in [0.1, 0.15) is 0 Å². The van der Waals surface area contributed by atoms with Gasteiger partial charge in [0.15, 0.2) is 6.61 Å². The molecule has 7 heteroatoms. The van der Waals surface area contributed by atoms with E-state index in [1.54, 1.807) is 42.6 Å². The smallest absolute Gasteiger partial charge is 0.262 e. The molecule has 0 unspecified atom stereocenters. The van der Waals surface area contributed by atoms with Gasteiger partial charge in [0.2, 0.25) is 0 Å². The van der Waals surface area contributed by atoms with Gasteiger partial charge in [0, 0.05) is 11.6 Å². The molecule has 3 rings (SSSR count). The molecule has 0 atom stereocenters. The third-order valence-electron chi connectivity index (χ3n) is 3.27. The lowest BCUT2D eigenvalue weighted by Crippen LogP contribution is -2.20. The van der Waals surface area contributed by atoms with Crippen molar-refractivity contribution in [2.75, 3.05) is 11.9 Å². The first-order valence-electron chi connectivity index (χ1n) is 6.96. The highest BCUT2D eigenvalue weighted by atomic mass is 35.5. The van der Waals surface area contributed by atoms with Gasteiger partial charge in [-0.3, -0.25) is 9.78 Å². The van der Waals surface area contributed by atoms with E-state index < -0.39 is 0 Å². The number of para-hydroxylation sites is 1. The van der Waals surface area contributed by atoms with Crippen molar-refractivity contribution in [3.63, 3.8) is 0 Å². The largest absolute Gasteiger partial charge is 0.481 e. The number of pyridine rings is 1. The second-order valence-electron chi connectivity index (χ2n) is 4.88. The predicted octanol–water partition coefficient (Wildman–Crippen LogP) is 5.21. The van der Waals surface area contributed by atoms with E-state index in [0.717, 1.165) is 5.39 Å². The number of benzene rings is 2. The number of aromatic nitrogens is 1. The molecule has 0 aliphatic rings. The van der Waals surface area contributed by atoms with Crippen LogP contribution in [0.15, 0.2) is 48.7 Å². The summed E-state index contributed by atoms with van der Waals surface area (Å²) in [5.41, 5.74) is 0.946. The zero-order valence-corrected chi connectivity index (χ0v) is 14.5. The number of ether oxygens (including phenoxy) is 1. The Morgan fingerprint density at radius 1 is 1.00 bits per heavy atom. The van der Waals surface area contributed by atoms with E-state index >= 15 is 0 Å². The van der Waals surface area contributed by atoms with E-state index in [-0.39, 0.29) is 12.5 Å². The number of hydrogen-bond donors (Lipinski definition) is 1. The lowest BCUT2D eigenvalue weighted by Gasteiger charge is -2.11. The molecule has 24 heavy (non-hydrogen) atoms. The molecule has 0 aliphatic carbocycles. The molecular formula is C17H11Cl3N2O2. The number of halogens is 3. The molecule has 1 N–H and O–H groups in total. The average Bonchev–Trinajstić information content (AvgIpc) is 2.58. The normalized spacial score (nSPS) is 10.6. The summed E-state index contributed by atoms with van der Waals surface area (Å²) in [6.07, 6.45) is 1.63. The van der Waals surface area contributed by atoms with Gasteiger partial charge in [-0.2, -0.15) is 0 Å². The number of anilines is 1. The Morgan fingerprint density at radius 2 is 1.75 bits per heavy atom. The fourth-order valence-electron chi connectivity index (χ4n) is 2.16. The van der Waals surface area contributed by atoms with Gasteiger partial charge in [-0.05, 0) is 36.4 Å². The Bertz CT molecular complexity index is 895.